The van der Waals surface area contributed by atoms with Crippen LogP contribution < -0.4 is 5.32 Å². The summed E-state index contributed by atoms with van der Waals surface area (Å²) in [5.41, 5.74) is 3.63. The Morgan fingerprint density at radius 2 is 1.94 bits per heavy atom. The lowest BCUT2D eigenvalue weighted by molar-refractivity contribution is 0.0951. The van der Waals surface area contributed by atoms with Crippen LogP contribution in [0.3, 0.4) is 0 Å². The van der Waals surface area contributed by atoms with Gasteiger partial charge in [-0.25, -0.2) is 4.39 Å². The Labute approximate surface area is 105 Å². The first-order valence-corrected chi connectivity index (χ1v) is 5.75. The average molecular weight is 246 g/mol. The summed E-state index contributed by atoms with van der Waals surface area (Å²) in [6, 6.07) is 7.50. The number of carbonyl (C=O) groups excluding carboxylic acids is 1. The van der Waals surface area contributed by atoms with Crippen molar-refractivity contribution in [2.75, 3.05) is 0 Å². The number of benzene rings is 1. The SMILES string of the molecule is Cc1cc(CNC(=O)c2ccc(F)cc2)c(C)[nH]1. The molecule has 1 amide bonds. The normalized spacial score (nSPS) is 10.4. The first kappa shape index (κ1) is 12.4. The van der Waals surface area contributed by atoms with Gasteiger partial charge in [0.05, 0.1) is 0 Å². The maximum atomic E-state index is 12.7. The number of carbonyl (C=O) groups is 1. The number of hydrogen-bond acceptors (Lipinski definition) is 1. The van der Waals surface area contributed by atoms with Crippen molar-refractivity contribution < 1.29 is 9.18 Å². The fraction of sp³-hybridized carbons (Fsp3) is 0.214. The van der Waals surface area contributed by atoms with E-state index in [0.29, 0.717) is 12.1 Å². The Kier molecular flexibility index (Phi) is 3.46. The lowest BCUT2D eigenvalue weighted by Gasteiger charge is -2.04. The molecule has 0 atom stereocenters. The standard InChI is InChI=1S/C14H15FN2O/c1-9-7-12(10(2)17-9)8-16-14(18)11-3-5-13(15)6-4-11/h3-7,17H,8H2,1-2H3,(H,16,18). The summed E-state index contributed by atoms with van der Waals surface area (Å²) in [5, 5.41) is 2.81. The van der Waals surface area contributed by atoms with Crippen LogP contribution >= 0.6 is 0 Å². The smallest absolute Gasteiger partial charge is 0.251 e. The number of H-pyrrole nitrogens is 1. The van der Waals surface area contributed by atoms with Gasteiger partial charge in [0.25, 0.3) is 5.91 Å². The molecule has 2 rings (SSSR count). The highest BCUT2D eigenvalue weighted by atomic mass is 19.1. The highest BCUT2D eigenvalue weighted by Gasteiger charge is 2.07. The van der Waals surface area contributed by atoms with Gasteiger partial charge in [-0.2, -0.15) is 0 Å². The van der Waals surface area contributed by atoms with E-state index in [1.807, 2.05) is 19.9 Å². The molecule has 0 aliphatic carbocycles. The molecule has 4 heteroatoms. The minimum absolute atomic E-state index is 0.201. The molecular formula is C14H15FN2O. The molecule has 0 radical (unpaired) electrons. The van der Waals surface area contributed by atoms with Gasteiger partial charge in [0, 0.05) is 23.5 Å². The second-order valence-electron chi connectivity index (χ2n) is 4.29. The van der Waals surface area contributed by atoms with Gasteiger partial charge in [-0.15, -0.1) is 0 Å². The zero-order valence-corrected chi connectivity index (χ0v) is 10.4. The Balaban J connectivity index is 2.00. The van der Waals surface area contributed by atoms with Crippen LogP contribution in [0.5, 0.6) is 0 Å². The number of amides is 1. The molecule has 1 heterocycles. The summed E-state index contributed by atoms with van der Waals surface area (Å²) in [7, 11) is 0. The predicted molar refractivity (Wildman–Crippen MR) is 67.8 cm³/mol. The molecule has 0 aliphatic heterocycles. The van der Waals surface area contributed by atoms with Gasteiger partial charge in [0.1, 0.15) is 5.82 Å². The average Bonchev–Trinajstić information content (AvgIpc) is 2.66. The highest BCUT2D eigenvalue weighted by Crippen LogP contribution is 2.09. The predicted octanol–water partition coefficient (Wildman–Crippen LogP) is 2.70. The van der Waals surface area contributed by atoms with Gasteiger partial charge in [-0.1, -0.05) is 0 Å². The molecule has 3 nitrogen and oxygen atoms in total. The molecule has 0 bridgehead atoms. The molecule has 2 N–H and O–H groups in total. The van der Waals surface area contributed by atoms with E-state index in [1.54, 1.807) is 0 Å². The quantitative estimate of drug-likeness (QED) is 0.859. The van der Waals surface area contributed by atoms with Gasteiger partial charge >= 0.3 is 0 Å². The number of hydrogen-bond donors (Lipinski definition) is 2. The number of aryl methyl sites for hydroxylation is 2. The van der Waals surface area contributed by atoms with Crippen LogP contribution in [0.1, 0.15) is 27.3 Å². The Morgan fingerprint density at radius 3 is 2.50 bits per heavy atom. The molecule has 0 fully saturated rings. The molecule has 0 aliphatic rings. The van der Waals surface area contributed by atoms with Gasteiger partial charge < -0.3 is 10.3 Å². The van der Waals surface area contributed by atoms with E-state index >= 15 is 0 Å². The maximum Gasteiger partial charge on any atom is 0.251 e. The topological polar surface area (TPSA) is 44.9 Å². The van der Waals surface area contributed by atoms with Gasteiger partial charge in [-0.05, 0) is 49.7 Å². The van der Waals surface area contributed by atoms with Crippen LogP contribution in [-0.4, -0.2) is 10.9 Å². The summed E-state index contributed by atoms with van der Waals surface area (Å²) in [6.07, 6.45) is 0. The van der Waals surface area contributed by atoms with Crippen molar-refractivity contribution in [3.63, 3.8) is 0 Å². The Bertz CT molecular complexity index is 558. The van der Waals surface area contributed by atoms with Crippen molar-refractivity contribution in [2.45, 2.75) is 20.4 Å². The third-order valence-corrected chi connectivity index (χ3v) is 2.80. The lowest BCUT2D eigenvalue weighted by Crippen LogP contribution is -2.22. The van der Waals surface area contributed by atoms with E-state index < -0.39 is 0 Å². The zero-order valence-electron chi connectivity index (χ0n) is 10.4. The fourth-order valence-electron chi connectivity index (χ4n) is 1.84. The van der Waals surface area contributed by atoms with Crippen molar-refractivity contribution in [1.82, 2.24) is 10.3 Å². The minimum Gasteiger partial charge on any atom is -0.362 e. The maximum absolute atomic E-state index is 12.7. The van der Waals surface area contributed by atoms with Gasteiger partial charge in [0.15, 0.2) is 0 Å². The van der Waals surface area contributed by atoms with Crippen molar-refractivity contribution in [3.8, 4) is 0 Å². The molecular weight excluding hydrogens is 231 g/mol. The van der Waals surface area contributed by atoms with E-state index in [1.165, 1.54) is 24.3 Å². The number of aromatic nitrogens is 1. The highest BCUT2D eigenvalue weighted by molar-refractivity contribution is 5.94. The number of halogens is 1. The molecule has 2 aromatic rings. The third-order valence-electron chi connectivity index (χ3n) is 2.80. The summed E-state index contributed by atoms with van der Waals surface area (Å²) in [6.45, 7) is 4.40. The summed E-state index contributed by atoms with van der Waals surface area (Å²) in [4.78, 5) is 15.0. The van der Waals surface area contributed by atoms with Crippen molar-refractivity contribution in [1.29, 1.82) is 0 Å². The summed E-state index contributed by atoms with van der Waals surface area (Å²) >= 11 is 0. The monoisotopic (exact) mass is 246 g/mol. The second kappa shape index (κ2) is 5.04. The molecule has 0 saturated carbocycles. The fourth-order valence-corrected chi connectivity index (χ4v) is 1.84. The lowest BCUT2D eigenvalue weighted by atomic mass is 10.2. The van der Waals surface area contributed by atoms with Crippen LogP contribution in [0.4, 0.5) is 4.39 Å². The third kappa shape index (κ3) is 2.77. The second-order valence-corrected chi connectivity index (χ2v) is 4.29. The van der Waals surface area contributed by atoms with Gasteiger partial charge in [0.2, 0.25) is 0 Å². The van der Waals surface area contributed by atoms with Crippen molar-refractivity contribution >= 4 is 5.91 Å². The largest absolute Gasteiger partial charge is 0.362 e. The molecule has 0 spiro atoms. The molecule has 1 aromatic heterocycles. The number of rotatable bonds is 3. The van der Waals surface area contributed by atoms with E-state index in [4.69, 9.17) is 0 Å². The number of nitrogens with one attached hydrogen (secondary N) is 2. The van der Waals surface area contributed by atoms with E-state index in [0.717, 1.165) is 17.0 Å². The van der Waals surface area contributed by atoms with Crippen LogP contribution in [-0.2, 0) is 6.54 Å². The summed E-state index contributed by atoms with van der Waals surface area (Å²) < 4.78 is 12.7. The number of aromatic amines is 1. The van der Waals surface area contributed by atoms with E-state index in [2.05, 4.69) is 10.3 Å². The summed E-state index contributed by atoms with van der Waals surface area (Å²) in [5.74, 6) is -0.545. The molecule has 0 saturated heterocycles. The van der Waals surface area contributed by atoms with Crippen LogP contribution in [0.15, 0.2) is 30.3 Å². The molecule has 18 heavy (non-hydrogen) atoms. The van der Waals surface area contributed by atoms with Crippen LogP contribution in [0.2, 0.25) is 0 Å². The Morgan fingerprint density at radius 1 is 1.28 bits per heavy atom. The Hall–Kier alpha value is -2.10. The molecule has 94 valence electrons. The molecule has 0 unspecified atom stereocenters. The van der Waals surface area contributed by atoms with E-state index in [9.17, 15) is 9.18 Å². The molecule has 1 aromatic carbocycles. The van der Waals surface area contributed by atoms with Crippen molar-refractivity contribution in [2.24, 2.45) is 0 Å². The van der Waals surface area contributed by atoms with Crippen LogP contribution in [0.25, 0.3) is 0 Å². The van der Waals surface area contributed by atoms with Crippen molar-refractivity contribution in [3.05, 3.63) is 58.7 Å². The van der Waals surface area contributed by atoms with Crippen LogP contribution in [0, 0.1) is 19.7 Å². The first-order valence-electron chi connectivity index (χ1n) is 5.75. The first-order chi connectivity index (χ1) is 8.56. The minimum atomic E-state index is -0.344. The van der Waals surface area contributed by atoms with E-state index in [-0.39, 0.29) is 11.7 Å². The zero-order chi connectivity index (χ0) is 13.1. The van der Waals surface area contributed by atoms with Gasteiger partial charge in [-0.3, -0.25) is 4.79 Å².